The first-order chi connectivity index (χ1) is 18.2. The molecule has 2 N–H and O–H groups in total. The van der Waals surface area contributed by atoms with Crippen molar-refractivity contribution in [1.82, 2.24) is 14.8 Å². The molecule has 0 saturated heterocycles. The minimum atomic E-state index is -0.261. The summed E-state index contributed by atoms with van der Waals surface area (Å²) in [6, 6.07) is 20.7. The molecule has 0 radical (unpaired) electrons. The summed E-state index contributed by atoms with van der Waals surface area (Å²) in [6.45, 7) is 1.41. The third-order valence-corrected chi connectivity index (χ3v) is 6.31. The van der Waals surface area contributed by atoms with Gasteiger partial charge in [-0.15, -0.1) is 0 Å². The zero-order valence-corrected chi connectivity index (χ0v) is 21.0. The third-order valence-electron chi connectivity index (χ3n) is 6.31. The maximum atomic E-state index is 13.8. The fourth-order valence-electron chi connectivity index (χ4n) is 4.34. The van der Waals surface area contributed by atoms with E-state index in [1.807, 2.05) is 54.6 Å². The average Bonchev–Trinajstić information content (AvgIpc) is 2.92. The highest BCUT2D eigenvalue weighted by Gasteiger charge is 2.25. The smallest absolute Gasteiger partial charge is 0.258 e. The Morgan fingerprint density at radius 1 is 1.00 bits per heavy atom. The van der Waals surface area contributed by atoms with E-state index in [4.69, 9.17) is 4.74 Å². The second-order valence-electron chi connectivity index (χ2n) is 9.03. The number of benzene rings is 2. The van der Waals surface area contributed by atoms with E-state index in [9.17, 15) is 14.7 Å². The molecule has 1 aromatic heterocycles. The van der Waals surface area contributed by atoms with Crippen LogP contribution in [0.25, 0.3) is 0 Å². The van der Waals surface area contributed by atoms with Crippen molar-refractivity contribution < 1.29 is 19.4 Å². The molecule has 0 fully saturated rings. The van der Waals surface area contributed by atoms with Gasteiger partial charge in [-0.25, -0.2) is 4.98 Å². The van der Waals surface area contributed by atoms with Crippen LogP contribution in [0.1, 0.15) is 41.6 Å². The van der Waals surface area contributed by atoms with Crippen molar-refractivity contribution in [3.8, 4) is 5.75 Å². The lowest BCUT2D eigenvalue weighted by Gasteiger charge is -2.28. The normalized spacial score (nSPS) is 14.4. The van der Waals surface area contributed by atoms with Gasteiger partial charge < -0.3 is 25.0 Å². The molecule has 0 saturated carbocycles. The summed E-state index contributed by atoms with van der Waals surface area (Å²) in [6.07, 6.45) is 5.19. The fraction of sp³-hybridized carbons (Fsp3) is 0.345. The van der Waals surface area contributed by atoms with Crippen LogP contribution in [0.4, 0.5) is 11.5 Å². The van der Waals surface area contributed by atoms with Crippen LogP contribution in [0.3, 0.4) is 0 Å². The maximum absolute atomic E-state index is 13.8. The predicted octanol–water partition coefficient (Wildman–Crippen LogP) is 4.24. The number of carbonyl (C=O) groups is 2. The van der Waals surface area contributed by atoms with Gasteiger partial charge >= 0.3 is 0 Å². The first kappa shape index (κ1) is 26.2. The average molecular weight is 503 g/mol. The van der Waals surface area contributed by atoms with Crippen molar-refractivity contribution in [3.05, 3.63) is 84.1 Å². The molecular weight excluding hydrogens is 468 g/mol. The van der Waals surface area contributed by atoms with Crippen molar-refractivity contribution in [1.29, 1.82) is 0 Å². The van der Waals surface area contributed by atoms with Crippen LogP contribution < -0.4 is 10.1 Å². The number of aromatic nitrogens is 1. The van der Waals surface area contributed by atoms with Crippen LogP contribution in [0.15, 0.2) is 72.9 Å². The molecular formula is C29H34N4O4. The molecule has 1 aliphatic rings. The summed E-state index contributed by atoms with van der Waals surface area (Å²) < 4.78 is 5.99. The van der Waals surface area contributed by atoms with Crippen LogP contribution in [-0.4, -0.2) is 64.6 Å². The number of amides is 2. The number of nitrogens with one attached hydrogen (secondary N) is 1. The van der Waals surface area contributed by atoms with Gasteiger partial charge in [0.15, 0.2) is 0 Å². The molecule has 0 spiro atoms. The van der Waals surface area contributed by atoms with E-state index in [-0.39, 0.29) is 31.5 Å². The SMILES string of the molecule is O=C(CN1CCCCCCOc2ccccc2Nc2ncccc2C1=O)N(CCO)Cc1ccccc1. The highest BCUT2D eigenvalue weighted by atomic mass is 16.5. The number of fused-ring (bicyclic) bond motifs is 2. The van der Waals surface area contributed by atoms with Crippen LogP contribution in [-0.2, 0) is 11.3 Å². The monoisotopic (exact) mass is 502 g/mol. The lowest BCUT2D eigenvalue weighted by Crippen LogP contribution is -2.44. The minimum absolute atomic E-state index is 0.0697. The van der Waals surface area contributed by atoms with Crippen molar-refractivity contribution in [2.45, 2.75) is 32.2 Å². The molecule has 1 aliphatic heterocycles. The molecule has 4 rings (SSSR count). The van der Waals surface area contributed by atoms with Crippen LogP contribution >= 0.6 is 0 Å². The van der Waals surface area contributed by atoms with E-state index < -0.39 is 0 Å². The van der Waals surface area contributed by atoms with E-state index >= 15 is 0 Å². The molecule has 0 aliphatic carbocycles. The van der Waals surface area contributed by atoms with Gasteiger partial charge in [0.1, 0.15) is 18.1 Å². The molecule has 0 unspecified atom stereocenters. The number of para-hydroxylation sites is 2. The number of aliphatic hydroxyl groups excluding tert-OH is 1. The van der Waals surface area contributed by atoms with Gasteiger partial charge in [-0.1, -0.05) is 55.3 Å². The predicted molar refractivity (Wildman–Crippen MR) is 143 cm³/mol. The molecule has 2 amide bonds. The number of hydrogen-bond acceptors (Lipinski definition) is 6. The molecule has 0 atom stereocenters. The quantitative estimate of drug-likeness (QED) is 0.524. The van der Waals surface area contributed by atoms with Gasteiger partial charge in [-0.05, 0) is 42.7 Å². The summed E-state index contributed by atoms with van der Waals surface area (Å²) in [4.78, 5) is 34.8. The van der Waals surface area contributed by atoms with Crippen molar-refractivity contribution in [2.24, 2.45) is 0 Å². The molecule has 3 aromatic rings. The summed E-state index contributed by atoms with van der Waals surface area (Å²) in [5.74, 6) is 0.651. The Morgan fingerprint density at radius 3 is 2.62 bits per heavy atom. The molecule has 37 heavy (non-hydrogen) atoms. The summed E-state index contributed by atoms with van der Waals surface area (Å²) in [7, 11) is 0. The van der Waals surface area contributed by atoms with Gasteiger partial charge in [0.05, 0.1) is 24.5 Å². The highest BCUT2D eigenvalue weighted by Crippen LogP contribution is 2.29. The number of pyridine rings is 1. The summed E-state index contributed by atoms with van der Waals surface area (Å²) in [5, 5.41) is 12.9. The fourth-order valence-corrected chi connectivity index (χ4v) is 4.34. The Hall–Kier alpha value is -3.91. The lowest BCUT2D eigenvalue weighted by molar-refractivity contribution is -0.133. The summed E-state index contributed by atoms with van der Waals surface area (Å²) in [5.41, 5.74) is 2.09. The number of rotatable bonds is 6. The molecule has 194 valence electrons. The highest BCUT2D eigenvalue weighted by molar-refractivity contribution is 6.01. The number of hydrogen-bond donors (Lipinski definition) is 2. The van der Waals surface area contributed by atoms with E-state index in [1.54, 1.807) is 28.1 Å². The minimum Gasteiger partial charge on any atom is -0.491 e. The first-order valence-electron chi connectivity index (χ1n) is 12.8. The van der Waals surface area contributed by atoms with Gasteiger partial charge in [-0.2, -0.15) is 0 Å². The van der Waals surface area contributed by atoms with Gasteiger partial charge in [-0.3, -0.25) is 9.59 Å². The summed E-state index contributed by atoms with van der Waals surface area (Å²) >= 11 is 0. The molecule has 8 nitrogen and oxygen atoms in total. The Kier molecular flexibility index (Phi) is 9.48. The number of nitrogens with zero attached hydrogens (tertiary/aromatic N) is 3. The van der Waals surface area contributed by atoms with Crippen molar-refractivity contribution in [3.63, 3.8) is 0 Å². The number of carbonyl (C=O) groups excluding carboxylic acids is 2. The topological polar surface area (TPSA) is 95.0 Å². The maximum Gasteiger partial charge on any atom is 0.258 e. The van der Waals surface area contributed by atoms with E-state index in [0.29, 0.717) is 36.8 Å². The van der Waals surface area contributed by atoms with Gasteiger partial charge in [0, 0.05) is 25.8 Å². The standard InChI is InChI=1S/C29H34N4O4/c34-19-18-32(21-23-11-4-3-5-12-23)27(35)22-33-17-8-1-2-9-20-37-26-15-7-6-14-25(26)31-28-24(29(33)36)13-10-16-30-28/h3-7,10-16,34H,1-2,8-9,17-22H2,(H,30,31). The number of ether oxygens (including phenoxy) is 1. The van der Waals surface area contributed by atoms with Crippen LogP contribution in [0.2, 0.25) is 0 Å². The molecule has 2 aromatic carbocycles. The molecule has 0 bridgehead atoms. The third kappa shape index (κ3) is 7.30. The Bertz CT molecular complexity index is 1170. The van der Waals surface area contributed by atoms with E-state index in [0.717, 1.165) is 36.9 Å². The van der Waals surface area contributed by atoms with Crippen LogP contribution in [0.5, 0.6) is 5.75 Å². The Morgan fingerprint density at radius 2 is 1.78 bits per heavy atom. The Labute approximate surface area is 217 Å². The van der Waals surface area contributed by atoms with Crippen molar-refractivity contribution in [2.75, 3.05) is 38.2 Å². The van der Waals surface area contributed by atoms with Gasteiger partial charge in [0.25, 0.3) is 5.91 Å². The van der Waals surface area contributed by atoms with Crippen molar-refractivity contribution >= 4 is 23.3 Å². The zero-order chi connectivity index (χ0) is 25.9. The number of aliphatic hydroxyl groups is 1. The first-order valence-corrected chi connectivity index (χ1v) is 12.8. The molecule has 2 heterocycles. The molecule has 8 heteroatoms. The van der Waals surface area contributed by atoms with E-state index in [1.165, 1.54) is 0 Å². The van der Waals surface area contributed by atoms with Crippen LogP contribution in [0, 0.1) is 0 Å². The van der Waals surface area contributed by atoms with E-state index in [2.05, 4.69) is 10.3 Å². The number of anilines is 2. The lowest BCUT2D eigenvalue weighted by atomic mass is 10.1. The largest absolute Gasteiger partial charge is 0.491 e. The zero-order valence-electron chi connectivity index (χ0n) is 21.0. The van der Waals surface area contributed by atoms with Gasteiger partial charge in [0.2, 0.25) is 5.91 Å². The Balaban J connectivity index is 1.59. The second kappa shape index (κ2) is 13.4. The second-order valence-corrected chi connectivity index (χ2v) is 9.03.